The van der Waals surface area contributed by atoms with Gasteiger partial charge < -0.3 is 15.2 Å². The number of nitrogens with one attached hydrogen (secondary N) is 1. The van der Waals surface area contributed by atoms with Crippen molar-refractivity contribution in [3.63, 3.8) is 0 Å². The predicted molar refractivity (Wildman–Crippen MR) is 143 cm³/mol. The van der Waals surface area contributed by atoms with Crippen molar-refractivity contribution in [2.75, 3.05) is 20.4 Å². The van der Waals surface area contributed by atoms with Crippen molar-refractivity contribution in [2.45, 2.75) is 63.2 Å². The highest BCUT2D eigenvalue weighted by molar-refractivity contribution is 6.30. The van der Waals surface area contributed by atoms with E-state index in [4.69, 9.17) is 21.2 Å². The molecule has 1 aromatic rings. The van der Waals surface area contributed by atoms with Crippen LogP contribution >= 0.6 is 11.6 Å². The first-order chi connectivity index (χ1) is 18.9. The van der Waals surface area contributed by atoms with Gasteiger partial charge in [0.25, 0.3) is 5.91 Å². The standard InChI is InChI=1S/C30H35ClF2N2O5/c1-27-9-8-20(36)11-23(27)24(32)12-22-21-10-18-15-35(14-17-4-6-19(31)7-5-17)40-30(18,26(38)34-16-39-3)28(21,2)13-25(37)29(22,27)33/h4-9,11,18,21-22,24-25,37H,10,12-16H2,1-3H3,(H,34,38)/t18-,21-,22-,24-,25-,27-,28-,29-,30-/m0/s1. The number of ketones is 1. The van der Waals surface area contributed by atoms with E-state index >= 15 is 8.78 Å². The number of nitrogens with zero attached hydrogens (tertiary/aromatic N) is 1. The highest BCUT2D eigenvalue weighted by atomic mass is 35.5. The number of aliphatic hydroxyl groups is 1. The SMILES string of the molecule is COCNC(=O)[C@@]12ON(Cc3ccc(Cl)cc3)C[C@@H]1C[C@H]1[C@@H]3C[C@H](F)C4=CC(=O)C=C[C@]4(C)[C@@]3(F)[C@@H](O)C[C@@]12C. The number of carbonyl (C=O) groups is 2. The number of hydroxylamine groups is 2. The molecule has 6 rings (SSSR count). The molecule has 0 bridgehead atoms. The molecule has 1 saturated heterocycles. The second-order valence-electron chi connectivity index (χ2n) is 12.5. The number of alkyl halides is 2. The van der Waals surface area contributed by atoms with Crippen LogP contribution in [0.25, 0.3) is 0 Å². The van der Waals surface area contributed by atoms with Gasteiger partial charge in [0.05, 0.1) is 6.10 Å². The highest BCUT2D eigenvalue weighted by Crippen LogP contribution is 2.72. The van der Waals surface area contributed by atoms with Crippen LogP contribution in [-0.4, -0.2) is 65.8 Å². The molecule has 0 radical (unpaired) electrons. The third-order valence-electron chi connectivity index (χ3n) is 10.7. The fraction of sp³-hybridized carbons (Fsp3) is 0.600. The lowest BCUT2D eigenvalue weighted by Crippen LogP contribution is -2.71. The van der Waals surface area contributed by atoms with E-state index in [1.807, 2.05) is 19.1 Å². The molecule has 4 aliphatic carbocycles. The molecule has 0 spiro atoms. The van der Waals surface area contributed by atoms with Gasteiger partial charge in [-0.05, 0) is 67.5 Å². The van der Waals surface area contributed by atoms with Crippen molar-refractivity contribution in [1.29, 1.82) is 0 Å². The Bertz CT molecular complexity index is 1290. The number of amides is 1. The Hall–Kier alpha value is -2.17. The van der Waals surface area contributed by atoms with Crippen LogP contribution in [-0.2, 0) is 25.7 Å². The number of fused-ring (bicyclic) bond motifs is 7. The molecule has 1 aromatic carbocycles. The van der Waals surface area contributed by atoms with Gasteiger partial charge in [-0.3, -0.25) is 14.4 Å². The van der Waals surface area contributed by atoms with Gasteiger partial charge in [0.2, 0.25) is 0 Å². The number of halogens is 3. The maximum atomic E-state index is 17.5. The average molecular weight is 577 g/mol. The van der Waals surface area contributed by atoms with Crippen LogP contribution in [0.5, 0.6) is 0 Å². The van der Waals surface area contributed by atoms with Crippen LogP contribution in [0.3, 0.4) is 0 Å². The van der Waals surface area contributed by atoms with E-state index < -0.39 is 46.2 Å². The second-order valence-corrected chi connectivity index (χ2v) is 12.9. The van der Waals surface area contributed by atoms with Gasteiger partial charge in [0.1, 0.15) is 12.9 Å². The molecule has 1 heterocycles. The fourth-order valence-corrected chi connectivity index (χ4v) is 8.99. The Morgan fingerprint density at radius 1 is 1.25 bits per heavy atom. The van der Waals surface area contributed by atoms with Crippen molar-refractivity contribution < 1.29 is 33.1 Å². The lowest BCUT2D eigenvalue weighted by Gasteiger charge is -2.63. The highest BCUT2D eigenvalue weighted by Gasteiger charge is 2.79. The number of aliphatic hydroxyl groups excluding tert-OH is 1. The van der Waals surface area contributed by atoms with Gasteiger partial charge in [-0.25, -0.2) is 8.78 Å². The van der Waals surface area contributed by atoms with E-state index in [9.17, 15) is 14.7 Å². The Morgan fingerprint density at radius 3 is 2.67 bits per heavy atom. The Labute approximate surface area is 237 Å². The van der Waals surface area contributed by atoms with Crippen LogP contribution < -0.4 is 5.32 Å². The molecule has 5 aliphatic rings. The number of benzene rings is 1. The minimum atomic E-state index is -2.21. The smallest absolute Gasteiger partial charge is 0.257 e. The summed E-state index contributed by atoms with van der Waals surface area (Å²) in [6.07, 6.45) is 1.02. The van der Waals surface area contributed by atoms with E-state index in [0.29, 0.717) is 24.5 Å². The number of methoxy groups -OCH3 is 1. The molecule has 2 N–H and O–H groups in total. The first kappa shape index (κ1) is 28.0. The Kier molecular flexibility index (Phi) is 6.59. The molecule has 1 aliphatic heterocycles. The zero-order valence-corrected chi connectivity index (χ0v) is 23.6. The van der Waals surface area contributed by atoms with Crippen molar-refractivity contribution >= 4 is 23.3 Å². The minimum Gasteiger partial charge on any atom is -0.390 e. The van der Waals surface area contributed by atoms with Crippen molar-refractivity contribution in [1.82, 2.24) is 10.4 Å². The van der Waals surface area contributed by atoms with Gasteiger partial charge in [-0.1, -0.05) is 36.7 Å². The third-order valence-corrected chi connectivity index (χ3v) is 10.9. The molecule has 4 fully saturated rings. The zero-order valence-electron chi connectivity index (χ0n) is 22.8. The Balaban J connectivity index is 1.39. The maximum absolute atomic E-state index is 17.5. The molecule has 10 heteroatoms. The first-order valence-corrected chi connectivity index (χ1v) is 14.2. The van der Waals surface area contributed by atoms with Gasteiger partial charge in [0.15, 0.2) is 17.1 Å². The van der Waals surface area contributed by atoms with E-state index in [2.05, 4.69) is 5.32 Å². The van der Waals surface area contributed by atoms with Crippen molar-refractivity contribution in [3.8, 4) is 0 Å². The Morgan fingerprint density at radius 2 is 1.98 bits per heavy atom. The topological polar surface area (TPSA) is 88.1 Å². The number of carbonyl (C=O) groups excluding carboxylic acids is 2. The van der Waals surface area contributed by atoms with Crippen LogP contribution in [0.4, 0.5) is 8.78 Å². The molecule has 9 atom stereocenters. The van der Waals surface area contributed by atoms with E-state index in [1.54, 1.807) is 24.1 Å². The molecule has 7 nitrogen and oxygen atoms in total. The van der Waals surface area contributed by atoms with E-state index in [1.165, 1.54) is 25.3 Å². The van der Waals surface area contributed by atoms with Gasteiger partial charge >= 0.3 is 0 Å². The summed E-state index contributed by atoms with van der Waals surface area (Å²) in [5.74, 6) is -2.43. The summed E-state index contributed by atoms with van der Waals surface area (Å²) < 4.78 is 38.4. The lowest BCUT2D eigenvalue weighted by atomic mass is 9.44. The van der Waals surface area contributed by atoms with Crippen molar-refractivity contribution in [2.24, 2.45) is 28.6 Å². The van der Waals surface area contributed by atoms with Gasteiger partial charge in [0, 0.05) is 47.9 Å². The average Bonchev–Trinajstić information content (AvgIpc) is 3.39. The van der Waals surface area contributed by atoms with Crippen LogP contribution in [0, 0.1) is 28.6 Å². The summed E-state index contributed by atoms with van der Waals surface area (Å²) in [6, 6.07) is 7.36. The van der Waals surface area contributed by atoms with Gasteiger partial charge in [-0.2, -0.15) is 5.06 Å². The summed E-state index contributed by atoms with van der Waals surface area (Å²) in [5.41, 5.74) is -5.08. The minimum absolute atomic E-state index is 0.0365. The molecular weight excluding hydrogens is 542 g/mol. The molecule has 0 aromatic heterocycles. The number of allylic oxidation sites excluding steroid dienone is 4. The van der Waals surface area contributed by atoms with Gasteiger partial charge in [-0.15, -0.1) is 0 Å². The summed E-state index contributed by atoms with van der Waals surface area (Å²) in [7, 11) is 1.47. The summed E-state index contributed by atoms with van der Waals surface area (Å²) in [6.45, 7) is 4.23. The molecule has 0 unspecified atom stereocenters. The number of hydrogen-bond acceptors (Lipinski definition) is 6. The summed E-state index contributed by atoms with van der Waals surface area (Å²) >= 11 is 6.05. The number of ether oxygens (including phenoxy) is 1. The first-order valence-electron chi connectivity index (χ1n) is 13.8. The van der Waals surface area contributed by atoms with Crippen LogP contribution in [0.1, 0.15) is 38.7 Å². The molecule has 1 amide bonds. The van der Waals surface area contributed by atoms with Crippen molar-refractivity contribution in [3.05, 3.63) is 58.7 Å². The molecule has 3 saturated carbocycles. The van der Waals surface area contributed by atoms with Crippen LogP contribution in [0.15, 0.2) is 48.1 Å². The molecular formula is C30H35ClF2N2O5. The third kappa shape index (κ3) is 3.60. The normalized spacial score (nSPS) is 43.9. The summed E-state index contributed by atoms with van der Waals surface area (Å²) in [4.78, 5) is 32.7. The predicted octanol–water partition coefficient (Wildman–Crippen LogP) is 4.09. The van der Waals surface area contributed by atoms with E-state index in [-0.39, 0.29) is 42.8 Å². The monoisotopic (exact) mass is 576 g/mol. The quantitative estimate of drug-likeness (QED) is 0.514. The summed E-state index contributed by atoms with van der Waals surface area (Å²) in [5, 5.41) is 16.8. The second kappa shape index (κ2) is 9.42. The largest absolute Gasteiger partial charge is 0.390 e. The lowest BCUT2D eigenvalue weighted by molar-refractivity contribution is -0.270. The zero-order chi connectivity index (χ0) is 28.7. The number of hydrogen-bond donors (Lipinski definition) is 2. The molecule has 40 heavy (non-hydrogen) atoms. The molecule has 216 valence electrons. The number of rotatable bonds is 5. The van der Waals surface area contributed by atoms with E-state index in [0.717, 1.165) is 5.56 Å². The van der Waals surface area contributed by atoms with Crippen LogP contribution in [0.2, 0.25) is 5.02 Å². The maximum Gasteiger partial charge on any atom is 0.257 e. The fourth-order valence-electron chi connectivity index (χ4n) is 8.87.